The number of carbonyl (C=O) groups excluding carboxylic acids is 1. The van der Waals surface area contributed by atoms with E-state index in [1.165, 1.54) is 6.33 Å². The molecule has 8 nitrogen and oxygen atoms in total. The topological polar surface area (TPSA) is 98.4 Å². The van der Waals surface area contributed by atoms with E-state index in [4.69, 9.17) is 14.2 Å². The summed E-state index contributed by atoms with van der Waals surface area (Å²) in [5.41, 5.74) is 3.45. The minimum Gasteiger partial charge on any atom is -0.489 e. The standard InChI is InChI=1S/C29H27FN4O4/c1-3-36-27(35)11-12-37-25-14-21-24(15-26(25)38-16-19-7-5-4-6-8-19)31-17-32-29(21)34-23-10-9-22-20(28(23)30)13-18(2)33-22/h4-10,13-15,17,33H,3,11-12,16H2,1-2H3,(H,31,32,34). The fraction of sp³-hybridized carbons (Fsp3) is 0.207. The molecule has 194 valence electrons. The SMILES string of the molecule is CCOC(=O)CCOc1cc2c(Nc3ccc4[nH]c(C)cc4c3F)ncnc2cc1OCc1ccccc1. The first-order valence-corrected chi connectivity index (χ1v) is 12.3. The van der Waals surface area contributed by atoms with Gasteiger partial charge in [0.25, 0.3) is 0 Å². The Morgan fingerprint density at radius 2 is 1.82 bits per heavy atom. The molecular weight excluding hydrogens is 487 g/mol. The smallest absolute Gasteiger partial charge is 0.309 e. The first-order valence-electron chi connectivity index (χ1n) is 12.3. The van der Waals surface area contributed by atoms with Gasteiger partial charge in [-0.3, -0.25) is 4.79 Å². The number of carbonyl (C=O) groups is 1. The molecule has 2 heterocycles. The highest BCUT2D eigenvalue weighted by Gasteiger charge is 2.16. The van der Waals surface area contributed by atoms with Gasteiger partial charge in [0.2, 0.25) is 0 Å². The van der Waals surface area contributed by atoms with Crippen molar-refractivity contribution in [1.29, 1.82) is 0 Å². The van der Waals surface area contributed by atoms with Crippen LogP contribution in [0.2, 0.25) is 0 Å². The monoisotopic (exact) mass is 514 g/mol. The van der Waals surface area contributed by atoms with Crippen molar-refractivity contribution in [3.8, 4) is 11.5 Å². The van der Waals surface area contributed by atoms with Gasteiger partial charge >= 0.3 is 5.97 Å². The number of H-pyrrole nitrogens is 1. The van der Waals surface area contributed by atoms with Gasteiger partial charge in [0, 0.05) is 28.0 Å². The van der Waals surface area contributed by atoms with Gasteiger partial charge in [-0.25, -0.2) is 14.4 Å². The number of hydrogen-bond acceptors (Lipinski definition) is 7. The van der Waals surface area contributed by atoms with Gasteiger partial charge in [0.15, 0.2) is 17.3 Å². The Bertz CT molecular complexity index is 1590. The molecule has 0 fully saturated rings. The number of nitrogens with zero attached hydrogens (tertiary/aromatic N) is 2. The zero-order chi connectivity index (χ0) is 26.5. The van der Waals surface area contributed by atoms with Crippen LogP contribution in [0.15, 0.2) is 67.0 Å². The van der Waals surface area contributed by atoms with Gasteiger partial charge in [-0.05, 0) is 43.7 Å². The molecule has 0 saturated heterocycles. The molecule has 0 aliphatic carbocycles. The van der Waals surface area contributed by atoms with E-state index in [2.05, 4.69) is 20.3 Å². The number of benzene rings is 3. The zero-order valence-corrected chi connectivity index (χ0v) is 21.1. The molecule has 9 heteroatoms. The van der Waals surface area contributed by atoms with Gasteiger partial charge in [-0.2, -0.15) is 0 Å². The summed E-state index contributed by atoms with van der Waals surface area (Å²) >= 11 is 0. The van der Waals surface area contributed by atoms with Crippen LogP contribution in [0, 0.1) is 12.7 Å². The number of fused-ring (bicyclic) bond motifs is 2. The molecule has 0 unspecified atom stereocenters. The summed E-state index contributed by atoms with van der Waals surface area (Å²) in [6.45, 7) is 4.35. The van der Waals surface area contributed by atoms with E-state index < -0.39 is 0 Å². The Labute approximate surface area is 218 Å². The number of aryl methyl sites for hydroxylation is 1. The van der Waals surface area contributed by atoms with Crippen LogP contribution in [0.4, 0.5) is 15.9 Å². The van der Waals surface area contributed by atoms with Gasteiger partial charge in [-0.1, -0.05) is 30.3 Å². The lowest BCUT2D eigenvalue weighted by Gasteiger charge is -2.16. The first kappa shape index (κ1) is 25.0. The molecule has 5 aromatic rings. The summed E-state index contributed by atoms with van der Waals surface area (Å²) < 4.78 is 32.3. The van der Waals surface area contributed by atoms with E-state index in [0.717, 1.165) is 16.8 Å². The molecule has 0 bridgehead atoms. The van der Waals surface area contributed by atoms with Crippen LogP contribution in [0.5, 0.6) is 11.5 Å². The van der Waals surface area contributed by atoms with Crippen molar-refractivity contribution >= 4 is 39.3 Å². The second-order valence-corrected chi connectivity index (χ2v) is 8.68. The highest BCUT2D eigenvalue weighted by molar-refractivity contribution is 5.94. The first-order chi connectivity index (χ1) is 18.5. The molecule has 0 saturated carbocycles. The molecule has 0 amide bonds. The minimum absolute atomic E-state index is 0.0850. The number of halogens is 1. The Hall–Kier alpha value is -4.66. The number of hydrogen-bond donors (Lipinski definition) is 2. The maximum atomic E-state index is 15.3. The Morgan fingerprint density at radius 1 is 1.00 bits per heavy atom. The number of rotatable bonds is 10. The molecule has 2 aromatic heterocycles. The molecule has 5 rings (SSSR count). The van der Waals surface area contributed by atoms with Crippen LogP contribution in [-0.4, -0.2) is 34.1 Å². The molecule has 0 spiro atoms. The van der Waals surface area contributed by atoms with Gasteiger partial charge in [0.05, 0.1) is 30.8 Å². The van der Waals surface area contributed by atoms with Crippen molar-refractivity contribution < 1.29 is 23.4 Å². The molecule has 38 heavy (non-hydrogen) atoms. The van der Waals surface area contributed by atoms with Crippen molar-refractivity contribution in [2.24, 2.45) is 0 Å². The largest absolute Gasteiger partial charge is 0.489 e. The predicted octanol–water partition coefficient (Wildman–Crippen LogP) is 6.21. The third-order valence-corrected chi connectivity index (χ3v) is 5.93. The van der Waals surface area contributed by atoms with Gasteiger partial charge < -0.3 is 24.5 Å². The van der Waals surface area contributed by atoms with Crippen LogP contribution >= 0.6 is 0 Å². The third kappa shape index (κ3) is 5.51. The summed E-state index contributed by atoms with van der Waals surface area (Å²) in [5.74, 6) is 0.548. The fourth-order valence-corrected chi connectivity index (χ4v) is 4.13. The van der Waals surface area contributed by atoms with E-state index in [1.54, 1.807) is 31.2 Å². The van der Waals surface area contributed by atoms with E-state index in [9.17, 15) is 4.79 Å². The normalized spacial score (nSPS) is 11.0. The number of nitrogens with one attached hydrogen (secondary N) is 2. The molecule has 0 atom stereocenters. The average molecular weight is 515 g/mol. The van der Waals surface area contributed by atoms with E-state index in [1.807, 2.05) is 43.3 Å². The van der Waals surface area contributed by atoms with Crippen LogP contribution in [0.1, 0.15) is 24.6 Å². The van der Waals surface area contributed by atoms with Gasteiger partial charge in [0.1, 0.15) is 18.8 Å². The van der Waals surface area contributed by atoms with Crippen LogP contribution in [0.25, 0.3) is 21.8 Å². The maximum Gasteiger partial charge on any atom is 0.309 e. The number of aromatic amines is 1. The Balaban J connectivity index is 1.47. The summed E-state index contributed by atoms with van der Waals surface area (Å²) in [4.78, 5) is 23.7. The molecule has 0 aliphatic heterocycles. The van der Waals surface area contributed by atoms with Crippen molar-refractivity contribution in [2.45, 2.75) is 26.9 Å². The summed E-state index contributed by atoms with van der Waals surface area (Å²) in [6.07, 6.45) is 1.49. The number of esters is 1. The number of ether oxygens (including phenoxy) is 3. The highest BCUT2D eigenvalue weighted by atomic mass is 19.1. The molecule has 0 aliphatic rings. The van der Waals surface area contributed by atoms with Crippen LogP contribution in [0.3, 0.4) is 0 Å². The van der Waals surface area contributed by atoms with Crippen molar-refractivity contribution in [1.82, 2.24) is 15.0 Å². The lowest BCUT2D eigenvalue weighted by Crippen LogP contribution is -2.10. The number of anilines is 2. The lowest BCUT2D eigenvalue weighted by molar-refractivity contribution is -0.143. The molecule has 3 aromatic carbocycles. The fourth-order valence-electron chi connectivity index (χ4n) is 4.13. The van der Waals surface area contributed by atoms with Crippen molar-refractivity contribution in [2.75, 3.05) is 18.5 Å². The summed E-state index contributed by atoms with van der Waals surface area (Å²) in [7, 11) is 0. The van der Waals surface area contributed by atoms with E-state index >= 15 is 4.39 Å². The zero-order valence-electron chi connectivity index (χ0n) is 21.1. The molecule has 2 N–H and O–H groups in total. The summed E-state index contributed by atoms with van der Waals surface area (Å²) in [5, 5.41) is 4.20. The van der Waals surface area contributed by atoms with Gasteiger partial charge in [-0.15, -0.1) is 0 Å². The predicted molar refractivity (Wildman–Crippen MR) is 143 cm³/mol. The second-order valence-electron chi connectivity index (χ2n) is 8.68. The van der Waals surface area contributed by atoms with Crippen molar-refractivity contribution in [3.05, 3.63) is 84.1 Å². The third-order valence-electron chi connectivity index (χ3n) is 5.93. The average Bonchev–Trinajstić information content (AvgIpc) is 3.31. The van der Waals surface area contributed by atoms with Crippen LogP contribution in [-0.2, 0) is 16.1 Å². The highest BCUT2D eigenvalue weighted by Crippen LogP contribution is 2.36. The van der Waals surface area contributed by atoms with Crippen LogP contribution < -0.4 is 14.8 Å². The summed E-state index contributed by atoms with van der Waals surface area (Å²) in [6, 6.07) is 18.5. The van der Waals surface area contributed by atoms with E-state index in [0.29, 0.717) is 46.8 Å². The Kier molecular flexibility index (Phi) is 7.35. The second kappa shape index (κ2) is 11.2. The molecule has 0 radical (unpaired) electrons. The Morgan fingerprint density at radius 3 is 2.63 bits per heavy atom. The molecular formula is C29H27FN4O4. The van der Waals surface area contributed by atoms with Crippen molar-refractivity contribution in [3.63, 3.8) is 0 Å². The maximum absolute atomic E-state index is 15.3. The number of aromatic nitrogens is 3. The van der Waals surface area contributed by atoms with E-state index in [-0.39, 0.29) is 30.5 Å². The lowest BCUT2D eigenvalue weighted by atomic mass is 10.1. The quantitative estimate of drug-likeness (QED) is 0.214. The minimum atomic E-state index is -0.382.